The molecule has 0 heterocycles. The van der Waals surface area contributed by atoms with Crippen LogP contribution in [-0.2, 0) is 14.8 Å². The predicted molar refractivity (Wildman–Crippen MR) is 114 cm³/mol. The fourth-order valence-corrected chi connectivity index (χ4v) is 4.76. The fraction of sp³-hybridized carbons (Fsp3) is 0.381. The number of hydrogen-bond acceptors (Lipinski definition) is 4. The third kappa shape index (κ3) is 6.45. The van der Waals surface area contributed by atoms with Gasteiger partial charge in [-0.25, -0.2) is 13.1 Å². The van der Waals surface area contributed by atoms with Gasteiger partial charge in [-0.15, -0.1) is 0 Å². The van der Waals surface area contributed by atoms with Crippen LogP contribution in [0, 0.1) is 0 Å². The van der Waals surface area contributed by atoms with E-state index in [-0.39, 0.29) is 29.9 Å². The average molecular weight is 437 g/mol. The standard InChI is InChI=1S/C21H25ClN2O4S/c22-19-8-4-5-9-20(19)28-15-14-21(25)23-16-10-12-18(13-11-16)29(26,27)24-17-6-2-1-3-7-17/h4-5,8-13,17,24H,1-3,6-7,14-15H2,(H,23,25). The third-order valence-corrected chi connectivity index (χ3v) is 6.65. The largest absolute Gasteiger partial charge is 0.491 e. The van der Waals surface area contributed by atoms with E-state index in [0.717, 1.165) is 32.1 Å². The third-order valence-electron chi connectivity index (χ3n) is 4.80. The van der Waals surface area contributed by atoms with E-state index in [0.29, 0.717) is 16.5 Å². The zero-order valence-electron chi connectivity index (χ0n) is 16.1. The molecule has 3 rings (SSSR count). The molecule has 8 heteroatoms. The number of carbonyl (C=O) groups excluding carboxylic acids is 1. The highest BCUT2D eigenvalue weighted by molar-refractivity contribution is 7.89. The van der Waals surface area contributed by atoms with Crippen LogP contribution in [0.1, 0.15) is 38.5 Å². The van der Waals surface area contributed by atoms with Gasteiger partial charge in [0.05, 0.1) is 22.9 Å². The molecule has 0 radical (unpaired) electrons. The molecule has 0 spiro atoms. The molecule has 2 N–H and O–H groups in total. The van der Waals surface area contributed by atoms with Gasteiger partial charge in [0.1, 0.15) is 5.75 Å². The first kappa shape index (κ1) is 21.6. The summed E-state index contributed by atoms with van der Waals surface area (Å²) in [5.74, 6) is 0.301. The van der Waals surface area contributed by atoms with Crippen molar-refractivity contribution in [2.45, 2.75) is 49.5 Å². The number of ether oxygens (including phenoxy) is 1. The summed E-state index contributed by atoms with van der Waals surface area (Å²) in [6.45, 7) is 0.188. The number of benzene rings is 2. The normalized spacial score (nSPS) is 15.1. The lowest BCUT2D eigenvalue weighted by Gasteiger charge is -2.22. The molecule has 2 aromatic carbocycles. The second kappa shape index (κ2) is 10.1. The Morgan fingerprint density at radius 2 is 1.72 bits per heavy atom. The van der Waals surface area contributed by atoms with E-state index in [9.17, 15) is 13.2 Å². The van der Waals surface area contributed by atoms with Crippen LogP contribution in [-0.4, -0.2) is 27.0 Å². The Hall–Kier alpha value is -2.09. The number of carbonyl (C=O) groups is 1. The van der Waals surface area contributed by atoms with Crippen molar-refractivity contribution in [2.24, 2.45) is 0 Å². The highest BCUT2D eigenvalue weighted by Crippen LogP contribution is 2.23. The van der Waals surface area contributed by atoms with Crippen molar-refractivity contribution in [3.8, 4) is 5.75 Å². The molecule has 0 atom stereocenters. The van der Waals surface area contributed by atoms with E-state index in [1.165, 1.54) is 12.1 Å². The number of halogens is 1. The first-order chi connectivity index (χ1) is 13.9. The van der Waals surface area contributed by atoms with Gasteiger partial charge in [-0.3, -0.25) is 4.79 Å². The van der Waals surface area contributed by atoms with Crippen LogP contribution in [0.5, 0.6) is 5.75 Å². The zero-order chi connectivity index (χ0) is 20.7. The van der Waals surface area contributed by atoms with Gasteiger partial charge in [0.15, 0.2) is 0 Å². The van der Waals surface area contributed by atoms with Crippen LogP contribution in [0.2, 0.25) is 5.02 Å². The van der Waals surface area contributed by atoms with Gasteiger partial charge >= 0.3 is 0 Å². The summed E-state index contributed by atoms with van der Waals surface area (Å²) < 4.78 is 33.3. The zero-order valence-corrected chi connectivity index (χ0v) is 17.6. The topological polar surface area (TPSA) is 84.5 Å². The summed E-state index contributed by atoms with van der Waals surface area (Å²) in [6.07, 6.45) is 5.18. The molecule has 0 saturated heterocycles. The maximum atomic E-state index is 12.5. The molecule has 1 fully saturated rings. The minimum atomic E-state index is -3.55. The lowest BCUT2D eigenvalue weighted by Crippen LogP contribution is -2.36. The van der Waals surface area contributed by atoms with Crippen molar-refractivity contribution in [1.29, 1.82) is 0 Å². The molecule has 1 aliphatic carbocycles. The summed E-state index contributed by atoms with van der Waals surface area (Å²) in [5.41, 5.74) is 0.532. The Morgan fingerprint density at radius 3 is 2.41 bits per heavy atom. The van der Waals surface area contributed by atoms with Crippen molar-refractivity contribution in [3.05, 3.63) is 53.6 Å². The van der Waals surface area contributed by atoms with Gasteiger partial charge in [0.2, 0.25) is 15.9 Å². The van der Waals surface area contributed by atoms with E-state index in [4.69, 9.17) is 16.3 Å². The van der Waals surface area contributed by atoms with Gasteiger partial charge in [0.25, 0.3) is 0 Å². The predicted octanol–water partition coefficient (Wildman–Crippen LogP) is 4.36. The lowest BCUT2D eigenvalue weighted by molar-refractivity contribution is -0.116. The van der Waals surface area contributed by atoms with E-state index in [1.54, 1.807) is 36.4 Å². The maximum absolute atomic E-state index is 12.5. The number of rotatable bonds is 8. The summed E-state index contributed by atoms with van der Waals surface area (Å²) in [4.78, 5) is 12.3. The number of hydrogen-bond donors (Lipinski definition) is 2. The SMILES string of the molecule is O=C(CCOc1ccccc1Cl)Nc1ccc(S(=O)(=O)NC2CCCCC2)cc1. The van der Waals surface area contributed by atoms with E-state index in [1.807, 2.05) is 0 Å². The minimum absolute atomic E-state index is 0.00578. The highest BCUT2D eigenvalue weighted by atomic mass is 35.5. The Morgan fingerprint density at radius 1 is 1.03 bits per heavy atom. The number of para-hydroxylation sites is 1. The molecule has 2 aromatic rings. The molecule has 1 aliphatic rings. The number of nitrogens with one attached hydrogen (secondary N) is 2. The van der Waals surface area contributed by atoms with Crippen LogP contribution in [0.25, 0.3) is 0 Å². The van der Waals surface area contributed by atoms with Crippen LogP contribution in [0.4, 0.5) is 5.69 Å². The van der Waals surface area contributed by atoms with E-state index in [2.05, 4.69) is 10.0 Å². The molecule has 0 bridgehead atoms. The fourth-order valence-electron chi connectivity index (χ4n) is 3.26. The average Bonchev–Trinajstić information content (AvgIpc) is 2.70. The van der Waals surface area contributed by atoms with Crippen molar-refractivity contribution in [3.63, 3.8) is 0 Å². The Kier molecular flexibility index (Phi) is 7.52. The van der Waals surface area contributed by atoms with Crippen LogP contribution < -0.4 is 14.8 Å². The van der Waals surface area contributed by atoms with Crippen molar-refractivity contribution >= 4 is 33.2 Å². The second-order valence-corrected chi connectivity index (χ2v) is 9.18. The first-order valence-electron chi connectivity index (χ1n) is 9.73. The van der Waals surface area contributed by atoms with Crippen LogP contribution in [0.15, 0.2) is 53.4 Å². The summed E-state index contributed by atoms with van der Waals surface area (Å²) >= 11 is 6.00. The van der Waals surface area contributed by atoms with Crippen LogP contribution in [0.3, 0.4) is 0 Å². The molecule has 29 heavy (non-hydrogen) atoms. The quantitative estimate of drug-likeness (QED) is 0.643. The first-order valence-corrected chi connectivity index (χ1v) is 11.6. The smallest absolute Gasteiger partial charge is 0.240 e. The molecule has 1 amide bonds. The number of amides is 1. The van der Waals surface area contributed by atoms with Crippen molar-refractivity contribution in [1.82, 2.24) is 4.72 Å². The molecule has 1 saturated carbocycles. The van der Waals surface area contributed by atoms with Gasteiger partial charge in [0, 0.05) is 11.7 Å². The maximum Gasteiger partial charge on any atom is 0.240 e. The monoisotopic (exact) mass is 436 g/mol. The Bertz CT molecular complexity index is 926. The summed E-state index contributed by atoms with van der Waals surface area (Å²) in [6, 6.07) is 13.2. The van der Waals surface area contributed by atoms with Crippen LogP contribution >= 0.6 is 11.6 Å². The second-order valence-electron chi connectivity index (χ2n) is 7.06. The molecular formula is C21H25ClN2O4S. The van der Waals surface area contributed by atoms with Crippen molar-refractivity contribution in [2.75, 3.05) is 11.9 Å². The lowest BCUT2D eigenvalue weighted by atomic mass is 9.96. The van der Waals surface area contributed by atoms with E-state index < -0.39 is 10.0 Å². The van der Waals surface area contributed by atoms with Gasteiger partial charge in [-0.05, 0) is 49.2 Å². The Labute approximate surface area is 176 Å². The summed E-state index contributed by atoms with van der Waals surface area (Å²) in [5, 5.41) is 3.23. The Balaban J connectivity index is 1.49. The highest BCUT2D eigenvalue weighted by Gasteiger charge is 2.21. The molecule has 6 nitrogen and oxygen atoms in total. The minimum Gasteiger partial charge on any atom is -0.491 e. The molecule has 0 aromatic heterocycles. The van der Waals surface area contributed by atoms with Gasteiger partial charge in [-0.1, -0.05) is 43.0 Å². The number of sulfonamides is 1. The molecule has 156 valence electrons. The molecule has 0 unspecified atom stereocenters. The summed E-state index contributed by atoms with van der Waals surface area (Å²) in [7, 11) is -3.55. The van der Waals surface area contributed by atoms with E-state index >= 15 is 0 Å². The van der Waals surface area contributed by atoms with Gasteiger partial charge < -0.3 is 10.1 Å². The van der Waals surface area contributed by atoms with Crippen molar-refractivity contribution < 1.29 is 17.9 Å². The molecular weight excluding hydrogens is 412 g/mol. The molecule has 0 aliphatic heterocycles. The van der Waals surface area contributed by atoms with Gasteiger partial charge in [-0.2, -0.15) is 0 Å². The number of anilines is 1.